The Bertz CT molecular complexity index is 579. The first-order valence-corrected chi connectivity index (χ1v) is 8.45. The minimum absolute atomic E-state index is 0.135. The summed E-state index contributed by atoms with van der Waals surface area (Å²) in [6, 6.07) is 2.24. The van der Waals surface area contributed by atoms with Gasteiger partial charge in [0, 0.05) is 19.2 Å². The summed E-state index contributed by atoms with van der Waals surface area (Å²) in [5.74, 6) is -1.77. The molecule has 1 aromatic carbocycles. The molecule has 0 aliphatic carbocycles. The van der Waals surface area contributed by atoms with E-state index in [0.717, 1.165) is 44.6 Å². The van der Waals surface area contributed by atoms with Gasteiger partial charge in [-0.2, -0.15) is 4.31 Å². The average molecular weight is 318 g/mol. The molecular weight excluding hydrogens is 298 g/mol. The highest BCUT2D eigenvalue weighted by Crippen LogP contribution is 2.23. The monoisotopic (exact) mass is 318 g/mol. The van der Waals surface area contributed by atoms with Crippen LogP contribution < -0.4 is 0 Å². The molecule has 0 spiro atoms. The van der Waals surface area contributed by atoms with Gasteiger partial charge in [-0.1, -0.05) is 6.92 Å². The van der Waals surface area contributed by atoms with Crippen molar-refractivity contribution in [1.29, 1.82) is 0 Å². The van der Waals surface area contributed by atoms with Crippen molar-refractivity contribution >= 4 is 10.0 Å². The molecule has 0 aromatic heterocycles. The van der Waals surface area contributed by atoms with E-state index in [2.05, 4.69) is 11.8 Å². The molecule has 0 unspecified atom stereocenters. The van der Waals surface area contributed by atoms with Crippen molar-refractivity contribution in [2.45, 2.75) is 30.7 Å². The number of halogens is 2. The van der Waals surface area contributed by atoms with E-state index in [4.69, 9.17) is 0 Å². The highest BCUT2D eigenvalue weighted by Gasteiger charge is 2.31. The molecule has 1 aliphatic heterocycles. The summed E-state index contributed by atoms with van der Waals surface area (Å²) >= 11 is 0. The maximum Gasteiger partial charge on any atom is 0.243 e. The second kappa shape index (κ2) is 6.37. The molecule has 0 bridgehead atoms. The van der Waals surface area contributed by atoms with Crippen LogP contribution in [0.2, 0.25) is 0 Å². The first kappa shape index (κ1) is 16.3. The quantitative estimate of drug-likeness (QED) is 0.853. The van der Waals surface area contributed by atoms with Crippen LogP contribution in [0.15, 0.2) is 23.1 Å². The molecule has 1 aromatic rings. The van der Waals surface area contributed by atoms with Gasteiger partial charge in [-0.3, -0.25) is 0 Å². The van der Waals surface area contributed by atoms with Crippen molar-refractivity contribution in [3.8, 4) is 0 Å². The van der Waals surface area contributed by atoms with Crippen molar-refractivity contribution in [1.82, 2.24) is 9.21 Å². The number of likely N-dealkylation sites (tertiary alicyclic amines) is 1. The summed E-state index contributed by atoms with van der Waals surface area (Å²) < 4.78 is 52.6. The molecule has 0 N–H and O–H groups in total. The van der Waals surface area contributed by atoms with Crippen LogP contribution in [0.3, 0.4) is 0 Å². The predicted octanol–water partition coefficient (Wildman–Crippen LogP) is 2.07. The summed E-state index contributed by atoms with van der Waals surface area (Å²) in [4.78, 5) is 1.92. The Hall–Kier alpha value is -1.05. The molecule has 4 nitrogen and oxygen atoms in total. The van der Waals surface area contributed by atoms with E-state index in [0.29, 0.717) is 6.07 Å². The van der Waals surface area contributed by atoms with E-state index < -0.39 is 21.7 Å². The fourth-order valence-electron chi connectivity index (χ4n) is 2.64. The van der Waals surface area contributed by atoms with Gasteiger partial charge in [0.05, 0.1) is 4.90 Å². The first-order chi connectivity index (χ1) is 9.84. The van der Waals surface area contributed by atoms with Crippen molar-refractivity contribution in [2.75, 3.05) is 26.7 Å². The van der Waals surface area contributed by atoms with Gasteiger partial charge in [-0.15, -0.1) is 0 Å². The van der Waals surface area contributed by atoms with Crippen LogP contribution in [0.25, 0.3) is 0 Å². The second-order valence-electron chi connectivity index (χ2n) is 5.29. The molecular formula is C14H20F2N2O2S. The number of piperidine rings is 1. The smallest absolute Gasteiger partial charge is 0.243 e. The zero-order valence-corrected chi connectivity index (χ0v) is 13.0. The van der Waals surface area contributed by atoms with Crippen molar-refractivity contribution in [3.05, 3.63) is 29.8 Å². The molecule has 7 heteroatoms. The Kier molecular flexibility index (Phi) is 4.95. The third kappa shape index (κ3) is 3.59. The molecule has 0 saturated carbocycles. The van der Waals surface area contributed by atoms with Crippen LogP contribution in [-0.2, 0) is 10.0 Å². The van der Waals surface area contributed by atoms with E-state index in [1.54, 1.807) is 0 Å². The van der Waals surface area contributed by atoms with Crippen LogP contribution >= 0.6 is 0 Å². The van der Waals surface area contributed by atoms with E-state index in [9.17, 15) is 17.2 Å². The van der Waals surface area contributed by atoms with Crippen molar-refractivity contribution in [2.24, 2.45) is 0 Å². The summed E-state index contributed by atoms with van der Waals surface area (Å²) in [6.45, 7) is 4.67. The lowest BCUT2D eigenvalue weighted by molar-refractivity contribution is 0.176. The summed E-state index contributed by atoms with van der Waals surface area (Å²) in [7, 11) is -2.40. The zero-order valence-electron chi connectivity index (χ0n) is 12.2. The van der Waals surface area contributed by atoms with Gasteiger partial charge in [0.1, 0.15) is 11.6 Å². The molecule has 1 heterocycles. The highest BCUT2D eigenvalue weighted by molar-refractivity contribution is 7.89. The third-order valence-corrected chi connectivity index (χ3v) is 5.92. The fourth-order valence-corrected chi connectivity index (χ4v) is 4.10. The lowest BCUT2D eigenvalue weighted by Crippen LogP contribution is -2.45. The van der Waals surface area contributed by atoms with E-state index >= 15 is 0 Å². The Morgan fingerprint density at radius 3 is 2.19 bits per heavy atom. The van der Waals surface area contributed by atoms with E-state index in [1.165, 1.54) is 11.4 Å². The van der Waals surface area contributed by atoms with E-state index in [1.807, 2.05) is 0 Å². The number of rotatable bonds is 4. The Morgan fingerprint density at radius 2 is 1.71 bits per heavy atom. The van der Waals surface area contributed by atoms with Gasteiger partial charge in [-0.05, 0) is 44.6 Å². The summed E-state index contributed by atoms with van der Waals surface area (Å²) in [5, 5.41) is 0. The number of benzene rings is 1. The topological polar surface area (TPSA) is 40.6 Å². The molecule has 0 radical (unpaired) electrons. The Labute approximate surface area is 124 Å². The fraction of sp³-hybridized carbons (Fsp3) is 0.571. The molecule has 1 fully saturated rings. The Balaban J connectivity index is 2.19. The van der Waals surface area contributed by atoms with Crippen LogP contribution in [0.5, 0.6) is 0 Å². The minimum atomic E-state index is -3.87. The van der Waals surface area contributed by atoms with Gasteiger partial charge in [0.25, 0.3) is 0 Å². The number of hydrogen-bond acceptors (Lipinski definition) is 3. The maximum absolute atomic E-state index is 13.2. The number of hydrogen-bond donors (Lipinski definition) is 0. The molecule has 2 rings (SSSR count). The molecule has 21 heavy (non-hydrogen) atoms. The van der Waals surface area contributed by atoms with Crippen LogP contribution in [0, 0.1) is 11.6 Å². The summed E-state index contributed by atoms with van der Waals surface area (Å²) in [6.07, 6.45) is 1.45. The summed E-state index contributed by atoms with van der Waals surface area (Å²) in [5.41, 5.74) is 0. The highest BCUT2D eigenvalue weighted by atomic mass is 32.2. The second-order valence-corrected chi connectivity index (χ2v) is 7.29. The standard InChI is InChI=1S/C14H20F2N2O2S/c1-3-18-6-4-13(5-7-18)17(2)21(19,20)14-9-11(15)8-12(16)10-14/h8-10,13H,3-7H2,1-2H3. The third-order valence-electron chi connectivity index (χ3n) is 4.03. The van der Waals surface area contributed by atoms with E-state index in [-0.39, 0.29) is 10.9 Å². The van der Waals surface area contributed by atoms with Gasteiger partial charge in [-0.25, -0.2) is 17.2 Å². The molecule has 118 valence electrons. The lowest BCUT2D eigenvalue weighted by atomic mass is 10.1. The SMILES string of the molecule is CCN1CCC(N(C)S(=O)(=O)c2cc(F)cc(F)c2)CC1. The van der Waals surface area contributed by atoms with Gasteiger partial charge in [0.2, 0.25) is 10.0 Å². The Morgan fingerprint density at radius 1 is 1.19 bits per heavy atom. The lowest BCUT2D eigenvalue weighted by Gasteiger charge is -2.35. The zero-order chi connectivity index (χ0) is 15.6. The molecule has 0 atom stereocenters. The van der Waals surface area contributed by atoms with Crippen molar-refractivity contribution in [3.63, 3.8) is 0 Å². The van der Waals surface area contributed by atoms with Gasteiger partial charge in [0.15, 0.2) is 0 Å². The first-order valence-electron chi connectivity index (χ1n) is 7.01. The average Bonchev–Trinajstić information content (AvgIpc) is 2.45. The van der Waals surface area contributed by atoms with Gasteiger partial charge >= 0.3 is 0 Å². The number of sulfonamides is 1. The van der Waals surface area contributed by atoms with Crippen LogP contribution in [0.4, 0.5) is 8.78 Å². The van der Waals surface area contributed by atoms with Gasteiger partial charge < -0.3 is 4.90 Å². The predicted molar refractivity (Wildman–Crippen MR) is 76.4 cm³/mol. The normalized spacial score (nSPS) is 18.3. The number of nitrogens with zero attached hydrogens (tertiary/aromatic N) is 2. The minimum Gasteiger partial charge on any atom is -0.303 e. The molecule has 1 aliphatic rings. The largest absolute Gasteiger partial charge is 0.303 e. The van der Waals surface area contributed by atoms with Crippen LogP contribution in [-0.4, -0.2) is 50.3 Å². The molecule has 0 amide bonds. The molecule has 1 saturated heterocycles. The van der Waals surface area contributed by atoms with Crippen LogP contribution in [0.1, 0.15) is 19.8 Å². The maximum atomic E-state index is 13.2. The van der Waals surface area contributed by atoms with Crippen molar-refractivity contribution < 1.29 is 17.2 Å².